The third-order valence-corrected chi connectivity index (χ3v) is 7.33. The van der Waals surface area contributed by atoms with Crippen LogP contribution in [0.3, 0.4) is 0 Å². The summed E-state index contributed by atoms with van der Waals surface area (Å²) in [6.07, 6.45) is -8.73. The lowest BCUT2D eigenvalue weighted by Crippen LogP contribution is -2.60. The van der Waals surface area contributed by atoms with Crippen molar-refractivity contribution in [1.29, 1.82) is 0 Å². The molecule has 0 saturated carbocycles. The van der Waals surface area contributed by atoms with Gasteiger partial charge in [-0.2, -0.15) is 0 Å². The molecule has 0 bridgehead atoms. The fourth-order valence-corrected chi connectivity index (χ4v) is 5.27. The summed E-state index contributed by atoms with van der Waals surface area (Å²) in [6, 6.07) is 0. The minimum absolute atomic E-state index is 0.129. The van der Waals surface area contributed by atoms with E-state index >= 15 is 0 Å². The highest BCUT2D eigenvalue weighted by molar-refractivity contribution is 5.91. The topological polar surface area (TPSA) is 175 Å². The minimum atomic E-state index is -1.56. The molecule has 6 N–H and O–H groups in total. The van der Waals surface area contributed by atoms with Crippen LogP contribution in [0.15, 0.2) is 11.6 Å². The van der Waals surface area contributed by atoms with E-state index in [1.807, 2.05) is 13.8 Å². The van der Waals surface area contributed by atoms with E-state index in [-0.39, 0.29) is 29.8 Å². The second-order valence-corrected chi connectivity index (χ2v) is 10.7. The number of carbonyl (C=O) groups excluding carboxylic acids is 1. The van der Waals surface area contributed by atoms with Crippen molar-refractivity contribution in [3.63, 3.8) is 0 Å². The number of aliphatic hydroxyl groups excluding tert-OH is 6. The van der Waals surface area contributed by atoms with Crippen molar-refractivity contribution >= 4 is 5.78 Å². The summed E-state index contributed by atoms with van der Waals surface area (Å²) in [5, 5.41) is 60.1. The monoisotopic (exact) mass is 504 g/mol. The largest absolute Gasteiger partial charge is 0.394 e. The first-order valence-corrected chi connectivity index (χ1v) is 12.2. The molecule has 3 rings (SSSR count). The van der Waals surface area contributed by atoms with E-state index in [4.69, 9.17) is 18.9 Å². The second kappa shape index (κ2) is 11.6. The van der Waals surface area contributed by atoms with E-state index < -0.39 is 61.9 Å². The van der Waals surface area contributed by atoms with Crippen LogP contribution in [0.2, 0.25) is 0 Å². The first-order valence-electron chi connectivity index (χ1n) is 12.2. The molecule has 0 aromatic carbocycles. The molecule has 0 aromatic rings. The van der Waals surface area contributed by atoms with Crippen molar-refractivity contribution < 1.29 is 54.4 Å². The summed E-state index contributed by atoms with van der Waals surface area (Å²) >= 11 is 0. The van der Waals surface area contributed by atoms with E-state index in [1.54, 1.807) is 6.08 Å². The van der Waals surface area contributed by atoms with Crippen LogP contribution in [-0.4, -0.2) is 111 Å². The van der Waals surface area contributed by atoms with E-state index in [0.29, 0.717) is 12.8 Å². The standard InChI is InChI=1S/C24H40O11/c1-11-7-13(26)8-24(3,4)14(11)6-5-12(2)33-23-21(31)19(29)18(28)16(35-23)10-32-22-20(30)17(27)15(9-25)34-22/h7,12,14-23,25,27-31H,5-6,8-10H2,1-4H3/t12-,14+,15-,16-,17+,18+,19+,20+,21+,22-,23-/m0/s1. The summed E-state index contributed by atoms with van der Waals surface area (Å²) in [5.74, 6) is 0.331. The van der Waals surface area contributed by atoms with Gasteiger partial charge in [0, 0.05) is 6.42 Å². The summed E-state index contributed by atoms with van der Waals surface area (Å²) in [7, 11) is 0. The maximum absolute atomic E-state index is 11.9. The van der Waals surface area contributed by atoms with Crippen LogP contribution >= 0.6 is 0 Å². The number of aliphatic hydroxyl groups is 6. The van der Waals surface area contributed by atoms with Gasteiger partial charge < -0.3 is 49.6 Å². The average molecular weight is 505 g/mol. The molecule has 0 spiro atoms. The first-order chi connectivity index (χ1) is 16.4. The lowest BCUT2D eigenvalue weighted by atomic mass is 9.66. The Morgan fingerprint density at radius 2 is 1.60 bits per heavy atom. The van der Waals surface area contributed by atoms with Crippen molar-refractivity contribution in [3.8, 4) is 0 Å². The van der Waals surface area contributed by atoms with Gasteiger partial charge in [0.05, 0.1) is 19.3 Å². The number of ether oxygens (including phenoxy) is 4. The highest BCUT2D eigenvalue weighted by atomic mass is 16.7. The second-order valence-electron chi connectivity index (χ2n) is 10.7. The molecule has 3 aliphatic rings. The summed E-state index contributed by atoms with van der Waals surface area (Å²) < 4.78 is 22.2. The third-order valence-electron chi connectivity index (χ3n) is 7.33. The van der Waals surface area contributed by atoms with Crippen molar-refractivity contribution in [2.45, 2.75) is 108 Å². The fourth-order valence-electron chi connectivity index (χ4n) is 5.27. The normalized spacial score (nSPS) is 42.7. The quantitative estimate of drug-likeness (QED) is 0.227. The Morgan fingerprint density at radius 3 is 2.20 bits per heavy atom. The highest BCUT2D eigenvalue weighted by Crippen LogP contribution is 2.42. The zero-order valence-corrected chi connectivity index (χ0v) is 20.7. The Labute approximate surface area is 205 Å². The van der Waals surface area contributed by atoms with Gasteiger partial charge in [0.1, 0.15) is 42.7 Å². The van der Waals surface area contributed by atoms with E-state index in [0.717, 1.165) is 12.0 Å². The van der Waals surface area contributed by atoms with Gasteiger partial charge in [-0.3, -0.25) is 4.79 Å². The van der Waals surface area contributed by atoms with Crippen LogP contribution in [0.1, 0.15) is 47.0 Å². The third kappa shape index (κ3) is 6.48. The molecule has 0 radical (unpaired) electrons. The number of carbonyl (C=O) groups is 1. The molecule has 0 aromatic heterocycles. The Hall–Kier alpha value is -0.990. The van der Waals surface area contributed by atoms with Crippen molar-refractivity contribution in [2.75, 3.05) is 13.2 Å². The van der Waals surface area contributed by atoms with Gasteiger partial charge in [-0.25, -0.2) is 0 Å². The Morgan fingerprint density at radius 1 is 1.00 bits per heavy atom. The summed E-state index contributed by atoms with van der Waals surface area (Å²) in [6.45, 7) is 7.07. The van der Waals surface area contributed by atoms with Crippen LogP contribution in [0.5, 0.6) is 0 Å². The van der Waals surface area contributed by atoms with Gasteiger partial charge in [0.25, 0.3) is 0 Å². The molecule has 35 heavy (non-hydrogen) atoms. The van der Waals surface area contributed by atoms with Gasteiger partial charge >= 0.3 is 0 Å². The average Bonchev–Trinajstić information content (AvgIpc) is 3.05. The van der Waals surface area contributed by atoms with Gasteiger partial charge in [-0.1, -0.05) is 19.4 Å². The first kappa shape index (κ1) is 28.6. The molecule has 2 fully saturated rings. The van der Waals surface area contributed by atoms with Crippen LogP contribution in [0, 0.1) is 11.3 Å². The van der Waals surface area contributed by atoms with E-state index in [1.165, 1.54) is 0 Å². The van der Waals surface area contributed by atoms with Crippen LogP contribution in [0.25, 0.3) is 0 Å². The van der Waals surface area contributed by atoms with Gasteiger partial charge in [-0.15, -0.1) is 0 Å². The maximum Gasteiger partial charge on any atom is 0.186 e. The lowest BCUT2D eigenvalue weighted by Gasteiger charge is -2.42. The van der Waals surface area contributed by atoms with Gasteiger partial charge in [0.2, 0.25) is 0 Å². The molecule has 202 valence electrons. The molecule has 0 unspecified atom stereocenters. The molecule has 11 heteroatoms. The molecule has 2 heterocycles. The zero-order chi connectivity index (χ0) is 26.1. The Kier molecular flexibility index (Phi) is 9.47. The van der Waals surface area contributed by atoms with Crippen LogP contribution < -0.4 is 0 Å². The molecule has 2 saturated heterocycles. The Bertz CT molecular complexity index is 756. The SMILES string of the molecule is CC1=CC(=O)CC(C)(C)[C@@H]1CC[C@H](C)O[C@H]1O[C@@H](CO[C@H]2O[C@@H](CO)[C@@H](O)[C@H]2O)[C@@H](O)[C@@H](O)[C@H]1O. The van der Waals surface area contributed by atoms with Crippen molar-refractivity contribution in [3.05, 3.63) is 11.6 Å². The lowest BCUT2D eigenvalue weighted by molar-refractivity contribution is -0.318. The minimum Gasteiger partial charge on any atom is -0.394 e. The van der Waals surface area contributed by atoms with Gasteiger partial charge in [0.15, 0.2) is 18.4 Å². The van der Waals surface area contributed by atoms with Crippen LogP contribution in [-0.2, 0) is 23.7 Å². The number of allylic oxidation sites excluding steroid dienone is 2. The summed E-state index contributed by atoms with van der Waals surface area (Å²) in [4.78, 5) is 11.9. The maximum atomic E-state index is 11.9. The predicted molar refractivity (Wildman–Crippen MR) is 121 cm³/mol. The van der Waals surface area contributed by atoms with Gasteiger partial charge in [-0.05, 0) is 44.1 Å². The van der Waals surface area contributed by atoms with E-state index in [9.17, 15) is 35.4 Å². The number of hydrogen-bond donors (Lipinski definition) is 6. The highest BCUT2D eigenvalue weighted by Gasteiger charge is 2.47. The number of rotatable bonds is 9. The predicted octanol–water partition coefficient (Wildman–Crippen LogP) is -1.00. The summed E-state index contributed by atoms with van der Waals surface area (Å²) in [5.41, 5.74) is 0.863. The molecular weight excluding hydrogens is 464 g/mol. The molecule has 0 amide bonds. The molecule has 2 aliphatic heterocycles. The van der Waals surface area contributed by atoms with Crippen LogP contribution in [0.4, 0.5) is 0 Å². The van der Waals surface area contributed by atoms with Crippen molar-refractivity contribution in [1.82, 2.24) is 0 Å². The van der Waals surface area contributed by atoms with Crippen molar-refractivity contribution in [2.24, 2.45) is 11.3 Å². The molecule has 11 atom stereocenters. The molecule has 1 aliphatic carbocycles. The molecule has 11 nitrogen and oxygen atoms in total. The number of ketones is 1. The fraction of sp³-hybridized carbons (Fsp3) is 0.875. The number of hydrogen-bond acceptors (Lipinski definition) is 11. The molecular formula is C24H40O11. The Balaban J connectivity index is 1.55. The zero-order valence-electron chi connectivity index (χ0n) is 20.7. The smallest absolute Gasteiger partial charge is 0.186 e. The van der Waals surface area contributed by atoms with E-state index in [2.05, 4.69) is 13.8 Å².